The second-order valence-electron chi connectivity index (χ2n) is 2.31. The normalized spacial score (nSPS) is 10.7. The number of hydrogen-bond donors (Lipinski definition) is 0. The van der Waals surface area contributed by atoms with Crippen LogP contribution in [0.2, 0.25) is 0 Å². The van der Waals surface area contributed by atoms with Crippen molar-refractivity contribution in [2.45, 2.75) is 20.8 Å². The molecule has 0 rings (SSSR count). The van der Waals surface area contributed by atoms with Crippen LogP contribution in [0.15, 0.2) is 22.4 Å². The van der Waals surface area contributed by atoms with Gasteiger partial charge in [-0.05, 0) is 32.6 Å². The quantitative estimate of drug-likeness (QED) is 0.352. The van der Waals surface area contributed by atoms with Gasteiger partial charge in [0.05, 0.1) is 5.04 Å². The first-order chi connectivity index (χ1) is 5.20. The smallest absolute Gasteiger partial charge is 0.0978 e. The van der Waals surface area contributed by atoms with E-state index in [-0.39, 0.29) is 0 Å². The second-order valence-corrected chi connectivity index (χ2v) is 3.13. The molecule has 0 aromatic heterocycles. The van der Waals surface area contributed by atoms with E-state index in [4.69, 9.17) is 0 Å². The molecule has 0 heterocycles. The minimum Gasteiger partial charge on any atom is -0.278 e. The monoisotopic (exact) mass is 169 g/mol. The van der Waals surface area contributed by atoms with E-state index in [1.165, 1.54) is 5.57 Å². The van der Waals surface area contributed by atoms with Gasteiger partial charge in [-0.25, -0.2) is 0 Å². The fourth-order valence-electron chi connectivity index (χ4n) is 0.531. The molecule has 0 aliphatic heterocycles. The van der Waals surface area contributed by atoms with Crippen LogP contribution in [-0.4, -0.2) is 17.8 Å². The third kappa shape index (κ3) is 5.96. The molecule has 0 atom stereocenters. The summed E-state index contributed by atoms with van der Waals surface area (Å²) < 4.78 is 0. The van der Waals surface area contributed by atoms with E-state index < -0.39 is 0 Å². The molecule has 0 saturated heterocycles. The van der Waals surface area contributed by atoms with Gasteiger partial charge in [0.25, 0.3) is 0 Å². The van der Waals surface area contributed by atoms with E-state index in [9.17, 15) is 0 Å². The molecule has 0 aromatic rings. The summed E-state index contributed by atoms with van der Waals surface area (Å²) in [6.07, 6.45) is 3.96. The Morgan fingerprint density at radius 3 is 2.55 bits per heavy atom. The van der Waals surface area contributed by atoms with Crippen molar-refractivity contribution in [1.29, 1.82) is 0 Å². The Balaban J connectivity index is 4.32. The zero-order valence-electron chi connectivity index (χ0n) is 7.64. The van der Waals surface area contributed by atoms with E-state index in [1.807, 2.05) is 33.1 Å². The first kappa shape index (κ1) is 10.5. The average Bonchev–Trinajstić information content (AvgIpc) is 1.97. The lowest BCUT2D eigenvalue weighted by Gasteiger charge is -1.91. The van der Waals surface area contributed by atoms with Crippen LogP contribution in [0, 0.1) is 0 Å². The largest absolute Gasteiger partial charge is 0.278 e. The van der Waals surface area contributed by atoms with Gasteiger partial charge in [0.15, 0.2) is 0 Å². The van der Waals surface area contributed by atoms with E-state index >= 15 is 0 Å². The molecule has 0 radical (unpaired) electrons. The first-order valence-corrected chi connectivity index (χ1v) is 4.91. The third-order valence-corrected chi connectivity index (χ3v) is 1.67. The van der Waals surface area contributed by atoms with Crippen LogP contribution < -0.4 is 0 Å². The summed E-state index contributed by atoms with van der Waals surface area (Å²) in [6, 6.07) is 0. The molecule has 2 heteroatoms. The molecule has 0 aromatic carbocycles. The highest BCUT2D eigenvalue weighted by Crippen LogP contribution is 1.99. The molecule has 0 aliphatic rings. The minimum atomic E-state index is 0.844. The molecule has 62 valence electrons. The maximum atomic E-state index is 4.26. The Kier molecular flexibility index (Phi) is 6.00. The second kappa shape index (κ2) is 6.26. The summed E-state index contributed by atoms with van der Waals surface area (Å²) in [6.45, 7) is 6.93. The van der Waals surface area contributed by atoms with E-state index in [2.05, 4.69) is 10.7 Å². The lowest BCUT2D eigenvalue weighted by atomic mass is 10.4. The summed E-state index contributed by atoms with van der Waals surface area (Å²) in [7, 11) is 0. The molecular weight excluding hydrogens is 154 g/mol. The summed E-state index contributed by atoms with van der Waals surface area (Å²) >= 11 is 1.66. The van der Waals surface area contributed by atoms with Crippen molar-refractivity contribution in [3.8, 4) is 0 Å². The van der Waals surface area contributed by atoms with Crippen LogP contribution >= 0.6 is 11.8 Å². The summed E-state index contributed by atoms with van der Waals surface area (Å²) in [4.78, 5) is 4.26. The molecular formula is C9H15NS. The highest BCUT2D eigenvalue weighted by atomic mass is 32.2. The number of rotatable bonds is 2. The van der Waals surface area contributed by atoms with Gasteiger partial charge in [-0.15, -0.1) is 17.5 Å². The molecule has 0 bridgehead atoms. The summed E-state index contributed by atoms with van der Waals surface area (Å²) in [5.74, 6) is 0. The average molecular weight is 169 g/mol. The van der Waals surface area contributed by atoms with Gasteiger partial charge in [-0.3, -0.25) is 4.99 Å². The predicted molar refractivity (Wildman–Crippen MR) is 54.4 cm³/mol. The topological polar surface area (TPSA) is 12.4 Å². The van der Waals surface area contributed by atoms with Crippen molar-refractivity contribution >= 4 is 16.8 Å². The lowest BCUT2D eigenvalue weighted by Crippen LogP contribution is -1.84. The highest BCUT2D eigenvalue weighted by molar-refractivity contribution is 8.13. The molecule has 0 unspecified atom stereocenters. The number of hydrogen-bond acceptors (Lipinski definition) is 2. The molecule has 0 saturated carbocycles. The first-order valence-electron chi connectivity index (χ1n) is 3.69. The Morgan fingerprint density at radius 2 is 2.18 bits per heavy atom. The Bertz CT molecular complexity index is 194. The maximum Gasteiger partial charge on any atom is 0.0978 e. The molecule has 0 N–H and O–H groups in total. The van der Waals surface area contributed by atoms with Crippen molar-refractivity contribution in [1.82, 2.24) is 0 Å². The fourth-order valence-corrected chi connectivity index (χ4v) is 0.966. The zero-order valence-corrected chi connectivity index (χ0v) is 8.46. The minimum absolute atomic E-state index is 0.844. The van der Waals surface area contributed by atoms with Crippen molar-refractivity contribution in [2.75, 3.05) is 12.8 Å². The SMILES string of the molecule is CCN=C(C=C=C(C)C)SC. The summed E-state index contributed by atoms with van der Waals surface area (Å²) in [5.41, 5.74) is 4.30. The lowest BCUT2D eigenvalue weighted by molar-refractivity contribution is 1.14. The number of thioether (sulfide) groups is 1. The van der Waals surface area contributed by atoms with Crippen molar-refractivity contribution in [3.05, 3.63) is 17.4 Å². The van der Waals surface area contributed by atoms with E-state index in [0.29, 0.717) is 0 Å². The Hall–Kier alpha value is -0.460. The van der Waals surface area contributed by atoms with Crippen LogP contribution in [0.1, 0.15) is 20.8 Å². The van der Waals surface area contributed by atoms with Gasteiger partial charge in [-0.1, -0.05) is 0 Å². The van der Waals surface area contributed by atoms with Gasteiger partial charge in [0.2, 0.25) is 0 Å². The van der Waals surface area contributed by atoms with Crippen LogP contribution in [0.3, 0.4) is 0 Å². The fraction of sp³-hybridized carbons (Fsp3) is 0.556. The van der Waals surface area contributed by atoms with Gasteiger partial charge >= 0.3 is 0 Å². The maximum absolute atomic E-state index is 4.26. The predicted octanol–water partition coefficient (Wildman–Crippen LogP) is 2.89. The van der Waals surface area contributed by atoms with Crippen LogP contribution in [-0.2, 0) is 0 Å². The van der Waals surface area contributed by atoms with Gasteiger partial charge in [-0.2, -0.15) is 0 Å². The van der Waals surface area contributed by atoms with Gasteiger partial charge in [0.1, 0.15) is 0 Å². The van der Waals surface area contributed by atoms with Crippen LogP contribution in [0.4, 0.5) is 0 Å². The van der Waals surface area contributed by atoms with Crippen LogP contribution in [0.25, 0.3) is 0 Å². The molecule has 1 nitrogen and oxygen atoms in total. The Labute approximate surface area is 73.3 Å². The van der Waals surface area contributed by atoms with Crippen molar-refractivity contribution < 1.29 is 0 Å². The van der Waals surface area contributed by atoms with E-state index in [1.54, 1.807) is 11.8 Å². The standard InChI is InChI=1S/C9H15NS/c1-5-10-9(11-4)7-6-8(2)3/h7H,5H2,1-4H3. The van der Waals surface area contributed by atoms with Gasteiger partial charge < -0.3 is 0 Å². The zero-order chi connectivity index (χ0) is 8.69. The van der Waals surface area contributed by atoms with Crippen molar-refractivity contribution in [3.63, 3.8) is 0 Å². The molecule has 0 amide bonds. The summed E-state index contributed by atoms with van der Waals surface area (Å²) in [5, 5.41) is 1.05. The number of aliphatic imine (C=N–C) groups is 1. The third-order valence-electron chi connectivity index (χ3n) is 1.01. The highest BCUT2D eigenvalue weighted by Gasteiger charge is 1.86. The molecule has 11 heavy (non-hydrogen) atoms. The number of nitrogens with zero attached hydrogens (tertiary/aromatic N) is 1. The van der Waals surface area contributed by atoms with Crippen molar-refractivity contribution in [2.24, 2.45) is 4.99 Å². The van der Waals surface area contributed by atoms with Crippen LogP contribution in [0.5, 0.6) is 0 Å². The molecule has 0 spiro atoms. The van der Waals surface area contributed by atoms with E-state index in [0.717, 1.165) is 11.6 Å². The Morgan fingerprint density at radius 1 is 1.55 bits per heavy atom. The molecule has 0 aliphatic carbocycles. The molecule has 0 fully saturated rings. The van der Waals surface area contributed by atoms with Gasteiger partial charge in [0, 0.05) is 12.6 Å².